The molecule has 0 saturated carbocycles. The van der Waals surface area contributed by atoms with E-state index in [2.05, 4.69) is 5.32 Å². The van der Waals surface area contributed by atoms with Crippen molar-refractivity contribution in [3.63, 3.8) is 0 Å². The number of amides is 4. The highest BCUT2D eigenvalue weighted by molar-refractivity contribution is 8.03. The molecule has 2 aliphatic rings. The number of hydrogen-bond acceptors (Lipinski definition) is 4. The van der Waals surface area contributed by atoms with Crippen LogP contribution in [0.2, 0.25) is 0 Å². The minimum atomic E-state index is -0.528. The van der Waals surface area contributed by atoms with Crippen LogP contribution in [-0.4, -0.2) is 45.5 Å². The summed E-state index contributed by atoms with van der Waals surface area (Å²) in [4.78, 5) is 41.7. The Kier molecular flexibility index (Phi) is 6.06. The summed E-state index contributed by atoms with van der Waals surface area (Å²) in [5.41, 5.74) is 4.37. The first kappa shape index (κ1) is 22.1. The first-order chi connectivity index (χ1) is 15.2. The summed E-state index contributed by atoms with van der Waals surface area (Å²) in [5.74, 6) is -1.02. The van der Waals surface area contributed by atoms with Gasteiger partial charge in [-0.2, -0.15) is 0 Å². The number of carbonyl (C=O) groups is 3. The molecule has 0 aliphatic carbocycles. The van der Waals surface area contributed by atoms with Crippen LogP contribution in [0, 0.1) is 26.6 Å². The van der Waals surface area contributed by atoms with Gasteiger partial charge in [0.2, 0.25) is 11.8 Å². The number of nitrogens with one attached hydrogen (secondary N) is 1. The Balaban J connectivity index is 1.54. The van der Waals surface area contributed by atoms with E-state index in [0.29, 0.717) is 5.56 Å². The third-order valence-corrected chi connectivity index (χ3v) is 6.75. The third-order valence-electron chi connectivity index (χ3n) is 5.67. The molecule has 32 heavy (non-hydrogen) atoms. The van der Waals surface area contributed by atoms with Crippen LogP contribution in [0.15, 0.2) is 47.9 Å². The Bertz CT molecular complexity index is 1090. The van der Waals surface area contributed by atoms with E-state index >= 15 is 0 Å². The van der Waals surface area contributed by atoms with Gasteiger partial charge in [0.05, 0.1) is 12.6 Å². The van der Waals surface area contributed by atoms with Crippen molar-refractivity contribution < 1.29 is 18.8 Å². The molecule has 2 heterocycles. The van der Waals surface area contributed by atoms with Gasteiger partial charge >= 0.3 is 6.03 Å². The normalized spacial score (nSPS) is 20.0. The summed E-state index contributed by atoms with van der Waals surface area (Å²) < 4.78 is 13.2. The van der Waals surface area contributed by atoms with Gasteiger partial charge in [-0.1, -0.05) is 35.9 Å². The molecule has 1 N–H and O–H groups in total. The molecule has 4 rings (SSSR count). The highest BCUT2D eigenvalue weighted by Gasteiger charge is 2.47. The van der Waals surface area contributed by atoms with E-state index in [1.54, 1.807) is 23.6 Å². The predicted molar refractivity (Wildman–Crippen MR) is 123 cm³/mol. The average Bonchev–Trinajstić information content (AvgIpc) is 3.22. The standard InChI is InChI=1S/C24H24FN3O3S/c1-14-10-15(2)21(16(3)11-14)26-20(29)13-27-19-8-9-32-22(19)23(30)28(24(27)31)12-17-4-6-18(25)7-5-17/h4-11,19,22H,12-13H2,1-3H3,(H,26,29). The number of nitrogens with zero attached hydrogens (tertiary/aromatic N) is 2. The first-order valence-corrected chi connectivity index (χ1v) is 11.2. The van der Waals surface area contributed by atoms with Gasteiger partial charge in [-0.15, -0.1) is 11.8 Å². The maximum absolute atomic E-state index is 13.3. The highest BCUT2D eigenvalue weighted by atomic mass is 32.2. The van der Waals surface area contributed by atoms with Crippen molar-refractivity contribution in [2.24, 2.45) is 0 Å². The molecule has 6 nitrogen and oxygen atoms in total. The van der Waals surface area contributed by atoms with Crippen molar-refractivity contribution in [3.8, 4) is 0 Å². The van der Waals surface area contributed by atoms with Crippen LogP contribution in [0.4, 0.5) is 14.9 Å². The van der Waals surface area contributed by atoms with Crippen LogP contribution < -0.4 is 5.32 Å². The topological polar surface area (TPSA) is 69.7 Å². The number of fused-ring (bicyclic) bond motifs is 1. The smallest absolute Gasteiger partial charge is 0.324 e. The number of hydrogen-bond donors (Lipinski definition) is 1. The monoisotopic (exact) mass is 453 g/mol. The van der Waals surface area contributed by atoms with Crippen LogP contribution in [0.1, 0.15) is 22.3 Å². The number of rotatable bonds is 5. The molecule has 2 unspecified atom stereocenters. The molecule has 0 spiro atoms. The number of imide groups is 1. The Morgan fingerprint density at radius 3 is 2.41 bits per heavy atom. The van der Waals surface area contributed by atoms with Gasteiger partial charge in [-0.25, -0.2) is 9.18 Å². The largest absolute Gasteiger partial charge is 0.328 e. The van der Waals surface area contributed by atoms with Gasteiger partial charge in [0.25, 0.3) is 0 Å². The van der Waals surface area contributed by atoms with E-state index in [1.807, 2.05) is 32.9 Å². The summed E-state index contributed by atoms with van der Waals surface area (Å²) in [6.07, 6.45) is 1.79. The Labute approximate surface area is 190 Å². The van der Waals surface area contributed by atoms with E-state index in [-0.39, 0.29) is 30.7 Å². The highest BCUT2D eigenvalue weighted by Crippen LogP contribution is 2.35. The summed E-state index contributed by atoms with van der Waals surface area (Å²) in [5, 5.41) is 4.22. The molecule has 166 valence electrons. The fourth-order valence-corrected chi connectivity index (χ4v) is 5.26. The van der Waals surface area contributed by atoms with Gasteiger partial charge < -0.3 is 10.2 Å². The molecule has 1 saturated heterocycles. The van der Waals surface area contributed by atoms with Crippen LogP contribution in [0.5, 0.6) is 0 Å². The predicted octanol–water partition coefficient (Wildman–Crippen LogP) is 4.15. The van der Waals surface area contributed by atoms with Crippen molar-refractivity contribution >= 4 is 35.3 Å². The van der Waals surface area contributed by atoms with Gasteiger partial charge in [-0.05, 0) is 55.0 Å². The fraction of sp³-hybridized carbons (Fsp3) is 0.292. The van der Waals surface area contributed by atoms with Gasteiger partial charge in [0, 0.05) is 5.69 Å². The summed E-state index contributed by atoms with van der Waals surface area (Å²) in [7, 11) is 0. The van der Waals surface area contributed by atoms with E-state index in [4.69, 9.17) is 0 Å². The second-order valence-corrected chi connectivity index (χ2v) is 9.21. The second-order valence-electron chi connectivity index (χ2n) is 8.16. The third kappa shape index (κ3) is 4.27. The molecule has 8 heteroatoms. The minimum absolute atomic E-state index is 0.0238. The zero-order valence-electron chi connectivity index (χ0n) is 18.1. The maximum Gasteiger partial charge on any atom is 0.328 e. The second kappa shape index (κ2) is 8.78. The molecule has 1 fully saturated rings. The maximum atomic E-state index is 13.3. The lowest BCUT2D eigenvalue weighted by atomic mass is 10.0. The number of benzene rings is 2. The van der Waals surface area contributed by atoms with Crippen LogP contribution in [-0.2, 0) is 16.1 Å². The molecule has 4 amide bonds. The number of aryl methyl sites for hydroxylation is 3. The Morgan fingerprint density at radius 2 is 1.75 bits per heavy atom. The number of halogens is 1. The van der Waals surface area contributed by atoms with Crippen molar-refractivity contribution in [2.75, 3.05) is 11.9 Å². The van der Waals surface area contributed by atoms with Crippen molar-refractivity contribution in [1.82, 2.24) is 9.80 Å². The Hall–Kier alpha value is -3.13. The number of anilines is 1. The molecule has 0 bridgehead atoms. The number of thioether (sulfide) groups is 1. The molecule has 2 atom stereocenters. The first-order valence-electron chi connectivity index (χ1n) is 10.3. The summed E-state index contributed by atoms with van der Waals surface area (Å²) in [6, 6.07) is 8.65. The lowest BCUT2D eigenvalue weighted by Crippen LogP contribution is -2.62. The molecule has 0 aromatic heterocycles. The lowest BCUT2D eigenvalue weighted by Gasteiger charge is -2.41. The van der Waals surface area contributed by atoms with Gasteiger partial charge in [-0.3, -0.25) is 14.5 Å². The zero-order chi connectivity index (χ0) is 23.0. The minimum Gasteiger partial charge on any atom is -0.324 e. The number of urea groups is 1. The average molecular weight is 454 g/mol. The fourth-order valence-electron chi connectivity index (χ4n) is 4.20. The molecular formula is C24H24FN3O3S. The SMILES string of the molecule is Cc1cc(C)c(NC(=O)CN2C(=O)N(Cc3ccc(F)cc3)C(=O)C3SC=CC32)c(C)c1. The van der Waals surface area contributed by atoms with E-state index in [9.17, 15) is 18.8 Å². The molecule has 2 aliphatic heterocycles. The van der Waals surface area contributed by atoms with Gasteiger partial charge in [0.1, 0.15) is 17.6 Å². The summed E-state index contributed by atoms with van der Waals surface area (Å²) in [6.45, 7) is 5.70. The van der Waals surface area contributed by atoms with Crippen LogP contribution in [0.25, 0.3) is 0 Å². The molecular weight excluding hydrogens is 429 g/mol. The van der Waals surface area contributed by atoms with Crippen molar-refractivity contribution in [2.45, 2.75) is 38.6 Å². The van der Waals surface area contributed by atoms with Crippen molar-refractivity contribution in [1.29, 1.82) is 0 Å². The molecule has 0 radical (unpaired) electrons. The zero-order valence-corrected chi connectivity index (χ0v) is 18.9. The summed E-state index contributed by atoms with van der Waals surface area (Å²) >= 11 is 1.34. The quantitative estimate of drug-likeness (QED) is 0.738. The van der Waals surface area contributed by atoms with Crippen molar-refractivity contribution in [3.05, 3.63) is 76.0 Å². The number of carbonyl (C=O) groups excluding carboxylic acids is 3. The van der Waals surface area contributed by atoms with E-state index < -0.39 is 17.3 Å². The molecule has 2 aromatic rings. The van der Waals surface area contributed by atoms with Gasteiger partial charge in [0.15, 0.2) is 0 Å². The molecule has 2 aromatic carbocycles. The van der Waals surface area contributed by atoms with E-state index in [1.165, 1.54) is 28.8 Å². The van der Waals surface area contributed by atoms with Crippen LogP contribution in [0.3, 0.4) is 0 Å². The van der Waals surface area contributed by atoms with Crippen LogP contribution >= 0.6 is 11.8 Å². The Morgan fingerprint density at radius 1 is 1.09 bits per heavy atom. The van der Waals surface area contributed by atoms with E-state index in [0.717, 1.165) is 27.3 Å². The lowest BCUT2D eigenvalue weighted by molar-refractivity contribution is -0.132.